The van der Waals surface area contributed by atoms with Crippen molar-refractivity contribution in [2.75, 3.05) is 17.2 Å². The van der Waals surface area contributed by atoms with Crippen LogP contribution in [0.2, 0.25) is 0 Å². The number of nitrogens with two attached hydrogens (primary N) is 1. The average Bonchev–Trinajstić information content (AvgIpc) is 2.43. The number of benzene rings is 1. The van der Waals surface area contributed by atoms with Crippen LogP contribution in [0.3, 0.4) is 0 Å². The Morgan fingerprint density at radius 1 is 1.10 bits per heavy atom. The third-order valence-electron chi connectivity index (χ3n) is 2.94. The maximum absolute atomic E-state index is 5.97. The Morgan fingerprint density at radius 3 is 2.33 bits per heavy atom. The number of hydrogen-bond acceptors (Lipinski definition) is 4. The molecule has 2 rings (SSSR count). The van der Waals surface area contributed by atoms with Gasteiger partial charge in [-0.15, -0.1) is 0 Å². The van der Waals surface area contributed by atoms with Crippen LogP contribution in [0.1, 0.15) is 27.7 Å². The summed E-state index contributed by atoms with van der Waals surface area (Å²) in [6, 6.07) is 13.9. The van der Waals surface area contributed by atoms with Gasteiger partial charge in [0.2, 0.25) is 5.88 Å². The van der Waals surface area contributed by atoms with E-state index in [1.807, 2.05) is 51.1 Å². The second kappa shape index (κ2) is 6.04. The van der Waals surface area contributed by atoms with Crippen LogP contribution >= 0.6 is 0 Å². The lowest BCUT2D eigenvalue weighted by Crippen LogP contribution is -2.25. The van der Waals surface area contributed by atoms with Gasteiger partial charge in [-0.1, -0.05) is 18.2 Å². The predicted octanol–water partition coefficient (Wildman–Crippen LogP) is 4.00. The van der Waals surface area contributed by atoms with Gasteiger partial charge in [0.1, 0.15) is 11.4 Å². The van der Waals surface area contributed by atoms with Crippen LogP contribution in [-0.2, 0) is 0 Å². The van der Waals surface area contributed by atoms with E-state index in [1.54, 1.807) is 0 Å². The molecule has 4 heteroatoms. The summed E-state index contributed by atoms with van der Waals surface area (Å²) < 4.78 is 5.84. The third-order valence-corrected chi connectivity index (χ3v) is 2.94. The first-order valence-electron chi connectivity index (χ1n) is 7.19. The summed E-state index contributed by atoms with van der Waals surface area (Å²) in [6.45, 7) is 8.85. The predicted molar refractivity (Wildman–Crippen MR) is 88.2 cm³/mol. The van der Waals surface area contributed by atoms with E-state index < -0.39 is 0 Å². The number of hydrogen-bond donors (Lipinski definition) is 1. The molecular formula is C17H23N3O. The maximum Gasteiger partial charge on any atom is 0.239 e. The minimum Gasteiger partial charge on any atom is -0.470 e. The largest absolute Gasteiger partial charge is 0.470 e. The molecule has 4 nitrogen and oxygen atoms in total. The van der Waals surface area contributed by atoms with Crippen molar-refractivity contribution in [1.29, 1.82) is 0 Å². The zero-order valence-electron chi connectivity index (χ0n) is 13.1. The topological polar surface area (TPSA) is 51.4 Å². The highest BCUT2D eigenvalue weighted by Crippen LogP contribution is 2.29. The van der Waals surface area contributed by atoms with E-state index >= 15 is 0 Å². The van der Waals surface area contributed by atoms with Crippen LogP contribution in [0.5, 0.6) is 5.88 Å². The SMILES string of the molecule is CCN(c1ccccc1)c1ccc(N)c(OC(C)(C)C)n1. The molecule has 0 bridgehead atoms. The van der Waals surface area contributed by atoms with Gasteiger partial charge in [0.15, 0.2) is 0 Å². The van der Waals surface area contributed by atoms with Crippen molar-refractivity contribution < 1.29 is 4.74 Å². The summed E-state index contributed by atoms with van der Waals surface area (Å²) >= 11 is 0. The number of pyridine rings is 1. The Balaban J connectivity index is 2.37. The van der Waals surface area contributed by atoms with Crippen molar-refractivity contribution in [3.05, 3.63) is 42.5 Å². The summed E-state index contributed by atoms with van der Waals surface area (Å²) in [5, 5.41) is 0. The molecule has 0 saturated heterocycles. The average molecular weight is 285 g/mol. The van der Waals surface area contributed by atoms with E-state index in [0.29, 0.717) is 11.6 Å². The molecule has 1 aromatic heterocycles. The van der Waals surface area contributed by atoms with Gasteiger partial charge in [-0.25, -0.2) is 0 Å². The molecule has 1 aromatic carbocycles. The molecule has 0 spiro atoms. The molecule has 0 amide bonds. The Kier molecular flexibility index (Phi) is 4.36. The number of rotatable bonds is 4. The van der Waals surface area contributed by atoms with E-state index in [-0.39, 0.29) is 5.60 Å². The molecule has 0 unspecified atom stereocenters. The minimum absolute atomic E-state index is 0.330. The molecule has 0 aliphatic rings. The van der Waals surface area contributed by atoms with E-state index in [0.717, 1.165) is 18.1 Å². The van der Waals surface area contributed by atoms with E-state index in [1.165, 1.54) is 0 Å². The molecule has 21 heavy (non-hydrogen) atoms. The number of anilines is 3. The van der Waals surface area contributed by atoms with Crippen molar-refractivity contribution in [2.45, 2.75) is 33.3 Å². The van der Waals surface area contributed by atoms with Gasteiger partial charge >= 0.3 is 0 Å². The molecular weight excluding hydrogens is 262 g/mol. The molecule has 0 atom stereocenters. The second-order valence-corrected chi connectivity index (χ2v) is 5.86. The van der Waals surface area contributed by atoms with Crippen LogP contribution in [0.4, 0.5) is 17.2 Å². The van der Waals surface area contributed by atoms with Gasteiger partial charge < -0.3 is 15.4 Å². The van der Waals surface area contributed by atoms with Gasteiger partial charge in [-0.05, 0) is 52.0 Å². The molecule has 2 aromatic rings. The molecule has 0 aliphatic carbocycles. The fourth-order valence-electron chi connectivity index (χ4n) is 2.05. The highest BCUT2D eigenvalue weighted by Gasteiger charge is 2.17. The second-order valence-electron chi connectivity index (χ2n) is 5.86. The molecule has 1 heterocycles. The van der Waals surface area contributed by atoms with Gasteiger partial charge in [-0.2, -0.15) is 4.98 Å². The van der Waals surface area contributed by atoms with E-state index in [9.17, 15) is 0 Å². The number of para-hydroxylation sites is 1. The number of nitrogen functional groups attached to an aromatic ring is 1. The summed E-state index contributed by atoms with van der Waals surface area (Å²) in [5.74, 6) is 1.31. The van der Waals surface area contributed by atoms with Crippen LogP contribution in [0, 0.1) is 0 Å². The Labute approximate surface area is 126 Å². The van der Waals surface area contributed by atoms with Crippen molar-refractivity contribution >= 4 is 17.2 Å². The van der Waals surface area contributed by atoms with Crippen LogP contribution in [0.25, 0.3) is 0 Å². The normalized spacial score (nSPS) is 11.2. The fourth-order valence-corrected chi connectivity index (χ4v) is 2.05. The third kappa shape index (κ3) is 3.88. The van der Waals surface area contributed by atoms with Crippen molar-refractivity contribution in [2.24, 2.45) is 0 Å². The van der Waals surface area contributed by atoms with Crippen molar-refractivity contribution in [3.63, 3.8) is 0 Å². The lowest BCUT2D eigenvalue weighted by Gasteiger charge is -2.25. The van der Waals surface area contributed by atoms with Gasteiger partial charge in [0, 0.05) is 12.2 Å². The first-order chi connectivity index (χ1) is 9.90. The van der Waals surface area contributed by atoms with Crippen molar-refractivity contribution in [1.82, 2.24) is 4.98 Å². The summed E-state index contributed by atoms with van der Waals surface area (Å²) in [7, 11) is 0. The molecule has 0 radical (unpaired) electrons. The summed E-state index contributed by atoms with van der Waals surface area (Å²) in [6.07, 6.45) is 0. The lowest BCUT2D eigenvalue weighted by atomic mass is 10.2. The Hall–Kier alpha value is -2.23. The van der Waals surface area contributed by atoms with Gasteiger partial charge in [0.25, 0.3) is 0 Å². The summed E-state index contributed by atoms with van der Waals surface area (Å²) in [5.41, 5.74) is 7.29. The number of aromatic nitrogens is 1. The minimum atomic E-state index is -0.330. The zero-order valence-corrected chi connectivity index (χ0v) is 13.1. The first-order valence-corrected chi connectivity index (χ1v) is 7.19. The van der Waals surface area contributed by atoms with Crippen LogP contribution < -0.4 is 15.4 Å². The molecule has 2 N–H and O–H groups in total. The highest BCUT2D eigenvalue weighted by molar-refractivity contribution is 5.63. The summed E-state index contributed by atoms with van der Waals surface area (Å²) in [4.78, 5) is 6.70. The molecule has 112 valence electrons. The Morgan fingerprint density at radius 2 is 1.76 bits per heavy atom. The molecule has 0 aliphatic heterocycles. The van der Waals surface area contributed by atoms with Crippen LogP contribution in [-0.4, -0.2) is 17.1 Å². The van der Waals surface area contributed by atoms with Gasteiger partial charge in [-0.3, -0.25) is 0 Å². The van der Waals surface area contributed by atoms with Crippen molar-refractivity contribution in [3.8, 4) is 5.88 Å². The molecule has 0 saturated carbocycles. The smallest absolute Gasteiger partial charge is 0.239 e. The number of ether oxygens (including phenoxy) is 1. The van der Waals surface area contributed by atoms with E-state index in [2.05, 4.69) is 28.9 Å². The lowest BCUT2D eigenvalue weighted by molar-refractivity contribution is 0.125. The van der Waals surface area contributed by atoms with E-state index in [4.69, 9.17) is 10.5 Å². The van der Waals surface area contributed by atoms with Gasteiger partial charge in [0.05, 0.1) is 5.69 Å². The highest BCUT2D eigenvalue weighted by atomic mass is 16.5. The monoisotopic (exact) mass is 285 g/mol. The fraction of sp³-hybridized carbons (Fsp3) is 0.353. The Bertz CT molecular complexity index is 591. The first kappa shape index (κ1) is 15.2. The molecule has 0 fully saturated rings. The quantitative estimate of drug-likeness (QED) is 0.922. The standard InChI is InChI=1S/C17H23N3O/c1-5-20(13-9-7-6-8-10-13)15-12-11-14(18)16(19-15)21-17(2,3)4/h6-12H,5,18H2,1-4H3. The maximum atomic E-state index is 5.97. The number of nitrogens with zero attached hydrogens (tertiary/aromatic N) is 2. The van der Waals surface area contributed by atoms with Crippen LogP contribution in [0.15, 0.2) is 42.5 Å². The zero-order chi connectivity index (χ0) is 15.5.